The van der Waals surface area contributed by atoms with Crippen LogP contribution in [0.2, 0.25) is 0 Å². The van der Waals surface area contributed by atoms with E-state index in [0.29, 0.717) is 12.1 Å². The monoisotopic (exact) mass is 239 g/mol. The van der Waals surface area contributed by atoms with E-state index in [1.807, 2.05) is 0 Å². The number of carbonyl (C=O) groups excluding carboxylic acids is 1. The van der Waals surface area contributed by atoms with Gasteiger partial charge in [-0.2, -0.15) is 0 Å². The van der Waals surface area contributed by atoms with Gasteiger partial charge in [0.25, 0.3) is 0 Å². The minimum Gasteiger partial charge on any atom is -0.354 e. The molecule has 2 N–H and O–H groups in total. The molecule has 0 saturated carbocycles. The normalized spacial score (nSPS) is 32.4. The summed E-state index contributed by atoms with van der Waals surface area (Å²) >= 11 is 0. The van der Waals surface area contributed by atoms with Gasteiger partial charge in [-0.1, -0.05) is 0 Å². The van der Waals surface area contributed by atoms with Gasteiger partial charge < -0.3 is 15.5 Å². The Morgan fingerprint density at radius 1 is 1.29 bits per heavy atom. The molecule has 0 radical (unpaired) electrons. The van der Waals surface area contributed by atoms with Gasteiger partial charge >= 0.3 is 0 Å². The molecular formula is C13H25N3O. The fraction of sp³-hybridized carbons (Fsp3) is 0.923. The predicted octanol–water partition coefficient (Wildman–Crippen LogP) is 0.727. The zero-order valence-electron chi connectivity index (χ0n) is 11.0. The van der Waals surface area contributed by atoms with E-state index in [1.54, 1.807) is 6.92 Å². The van der Waals surface area contributed by atoms with Crippen molar-refractivity contribution in [2.75, 3.05) is 19.6 Å². The Kier molecular flexibility index (Phi) is 4.40. The Labute approximate surface area is 104 Å². The van der Waals surface area contributed by atoms with Crippen LogP contribution in [0.3, 0.4) is 0 Å². The van der Waals surface area contributed by atoms with E-state index in [0.717, 1.165) is 38.5 Å². The molecule has 17 heavy (non-hydrogen) atoms. The lowest BCUT2D eigenvalue weighted by Gasteiger charge is -2.41. The molecule has 2 atom stereocenters. The summed E-state index contributed by atoms with van der Waals surface area (Å²) in [5, 5.41) is 6.54. The van der Waals surface area contributed by atoms with Crippen molar-refractivity contribution in [3.63, 3.8) is 0 Å². The highest BCUT2D eigenvalue weighted by molar-refractivity contribution is 5.73. The summed E-state index contributed by atoms with van der Waals surface area (Å²) in [6.45, 7) is 7.32. The molecule has 0 aromatic heterocycles. The van der Waals surface area contributed by atoms with E-state index in [-0.39, 0.29) is 5.91 Å². The van der Waals surface area contributed by atoms with Crippen LogP contribution in [0.4, 0.5) is 0 Å². The summed E-state index contributed by atoms with van der Waals surface area (Å²) in [4.78, 5) is 13.6. The van der Waals surface area contributed by atoms with Crippen molar-refractivity contribution in [2.45, 2.75) is 57.7 Å². The summed E-state index contributed by atoms with van der Waals surface area (Å²) in [6.07, 6.45) is 4.76. The van der Waals surface area contributed by atoms with Crippen LogP contribution in [0, 0.1) is 0 Å². The Balaban J connectivity index is 1.76. The third kappa shape index (κ3) is 3.68. The molecule has 2 aliphatic heterocycles. The van der Waals surface area contributed by atoms with Crippen LogP contribution in [-0.2, 0) is 4.79 Å². The molecule has 2 fully saturated rings. The van der Waals surface area contributed by atoms with Crippen LogP contribution >= 0.6 is 0 Å². The maximum atomic E-state index is 11.0. The van der Waals surface area contributed by atoms with Gasteiger partial charge in [0.05, 0.1) is 0 Å². The topological polar surface area (TPSA) is 44.4 Å². The molecular weight excluding hydrogens is 214 g/mol. The number of hydrogen-bond donors (Lipinski definition) is 2. The highest BCUT2D eigenvalue weighted by Gasteiger charge is 2.28. The van der Waals surface area contributed by atoms with Gasteiger partial charge in [0, 0.05) is 38.1 Å². The predicted molar refractivity (Wildman–Crippen MR) is 68.9 cm³/mol. The lowest BCUT2D eigenvalue weighted by molar-refractivity contribution is -0.120. The van der Waals surface area contributed by atoms with Gasteiger partial charge in [0.15, 0.2) is 0 Å². The van der Waals surface area contributed by atoms with Crippen molar-refractivity contribution in [1.29, 1.82) is 0 Å². The average molecular weight is 239 g/mol. The number of carbonyl (C=O) groups is 1. The molecule has 2 rings (SSSR count). The molecule has 0 aromatic carbocycles. The fourth-order valence-electron chi connectivity index (χ4n) is 3.13. The SMILES string of the molecule is CC(=O)NC1CCN(C2CCNC(C)C2)CC1. The lowest BCUT2D eigenvalue weighted by Crippen LogP contribution is -2.51. The summed E-state index contributed by atoms with van der Waals surface area (Å²) in [6, 6.07) is 1.81. The first-order chi connectivity index (χ1) is 8.15. The van der Waals surface area contributed by atoms with Crippen LogP contribution in [0.25, 0.3) is 0 Å². The van der Waals surface area contributed by atoms with Gasteiger partial charge in [0.2, 0.25) is 5.91 Å². The number of amides is 1. The van der Waals surface area contributed by atoms with E-state index in [4.69, 9.17) is 0 Å². The van der Waals surface area contributed by atoms with Crippen molar-refractivity contribution in [3.8, 4) is 0 Å². The number of nitrogens with zero attached hydrogens (tertiary/aromatic N) is 1. The summed E-state index contributed by atoms with van der Waals surface area (Å²) in [7, 11) is 0. The first kappa shape index (κ1) is 12.8. The Morgan fingerprint density at radius 3 is 2.59 bits per heavy atom. The third-order valence-corrected chi connectivity index (χ3v) is 4.05. The molecule has 2 unspecified atom stereocenters. The second-order valence-corrected chi connectivity index (χ2v) is 5.54. The van der Waals surface area contributed by atoms with Crippen LogP contribution in [-0.4, -0.2) is 48.6 Å². The second kappa shape index (κ2) is 5.83. The molecule has 4 heteroatoms. The van der Waals surface area contributed by atoms with Crippen molar-refractivity contribution in [3.05, 3.63) is 0 Å². The Hall–Kier alpha value is -0.610. The summed E-state index contributed by atoms with van der Waals surface area (Å²) in [5.74, 6) is 0.110. The van der Waals surface area contributed by atoms with Crippen LogP contribution < -0.4 is 10.6 Å². The molecule has 2 saturated heterocycles. The second-order valence-electron chi connectivity index (χ2n) is 5.54. The molecule has 1 amide bonds. The molecule has 0 bridgehead atoms. The molecule has 0 aliphatic carbocycles. The average Bonchev–Trinajstić information content (AvgIpc) is 2.29. The quantitative estimate of drug-likeness (QED) is 0.746. The van der Waals surface area contributed by atoms with Gasteiger partial charge in [-0.3, -0.25) is 4.79 Å². The smallest absolute Gasteiger partial charge is 0.217 e. The molecule has 2 heterocycles. The van der Waals surface area contributed by atoms with Gasteiger partial charge in [0.1, 0.15) is 0 Å². The highest BCUT2D eigenvalue weighted by Crippen LogP contribution is 2.20. The Morgan fingerprint density at radius 2 is 2.00 bits per heavy atom. The van der Waals surface area contributed by atoms with E-state index < -0.39 is 0 Å². The zero-order valence-corrected chi connectivity index (χ0v) is 11.0. The third-order valence-electron chi connectivity index (χ3n) is 4.05. The number of hydrogen-bond acceptors (Lipinski definition) is 3. The van der Waals surface area contributed by atoms with Crippen LogP contribution in [0.15, 0.2) is 0 Å². The van der Waals surface area contributed by atoms with Crippen LogP contribution in [0.5, 0.6) is 0 Å². The first-order valence-corrected chi connectivity index (χ1v) is 6.89. The minimum atomic E-state index is 0.110. The van der Waals surface area contributed by atoms with E-state index in [1.165, 1.54) is 12.8 Å². The molecule has 0 spiro atoms. The van der Waals surface area contributed by atoms with Gasteiger partial charge in [-0.15, -0.1) is 0 Å². The molecule has 98 valence electrons. The minimum absolute atomic E-state index is 0.110. The van der Waals surface area contributed by atoms with Crippen LogP contribution in [0.1, 0.15) is 39.5 Å². The number of piperidine rings is 2. The van der Waals surface area contributed by atoms with E-state index in [9.17, 15) is 4.79 Å². The first-order valence-electron chi connectivity index (χ1n) is 6.89. The van der Waals surface area contributed by atoms with E-state index >= 15 is 0 Å². The van der Waals surface area contributed by atoms with Gasteiger partial charge in [-0.05, 0) is 39.2 Å². The highest BCUT2D eigenvalue weighted by atomic mass is 16.1. The van der Waals surface area contributed by atoms with Gasteiger partial charge in [-0.25, -0.2) is 0 Å². The molecule has 2 aliphatic rings. The summed E-state index contributed by atoms with van der Waals surface area (Å²) < 4.78 is 0. The maximum Gasteiger partial charge on any atom is 0.217 e. The largest absolute Gasteiger partial charge is 0.354 e. The number of rotatable bonds is 2. The number of likely N-dealkylation sites (tertiary alicyclic amines) is 1. The maximum absolute atomic E-state index is 11.0. The van der Waals surface area contributed by atoms with Crippen molar-refractivity contribution < 1.29 is 4.79 Å². The number of nitrogens with one attached hydrogen (secondary N) is 2. The van der Waals surface area contributed by atoms with Crippen molar-refractivity contribution in [1.82, 2.24) is 15.5 Å². The standard InChI is InChI=1S/C13H25N3O/c1-10-9-13(3-6-14-10)16-7-4-12(5-8-16)15-11(2)17/h10,12-14H,3-9H2,1-2H3,(H,15,17). The van der Waals surface area contributed by atoms with E-state index in [2.05, 4.69) is 22.5 Å². The zero-order chi connectivity index (χ0) is 12.3. The van der Waals surface area contributed by atoms with Crippen molar-refractivity contribution >= 4 is 5.91 Å². The van der Waals surface area contributed by atoms with Crippen molar-refractivity contribution in [2.24, 2.45) is 0 Å². The Bertz CT molecular complexity index is 261. The molecule has 0 aromatic rings. The molecule has 4 nitrogen and oxygen atoms in total. The lowest BCUT2D eigenvalue weighted by atomic mass is 9.95. The fourth-order valence-corrected chi connectivity index (χ4v) is 3.13. The summed E-state index contributed by atoms with van der Waals surface area (Å²) in [5.41, 5.74) is 0.